The van der Waals surface area contributed by atoms with E-state index in [0.717, 1.165) is 101 Å². The number of sulfonamides is 3. The third-order valence-electron chi connectivity index (χ3n) is 16.0. The molecule has 6 aromatic heterocycles. The zero-order chi connectivity index (χ0) is 72.6. The lowest BCUT2D eigenvalue weighted by atomic mass is 10.0. The third kappa shape index (κ3) is 22.1. The number of thiazole rings is 2. The lowest BCUT2D eigenvalue weighted by molar-refractivity contribution is -0.117. The van der Waals surface area contributed by atoms with E-state index in [1.807, 2.05) is 146 Å². The van der Waals surface area contributed by atoms with Crippen LogP contribution in [0.2, 0.25) is 0 Å². The predicted octanol–water partition coefficient (Wildman–Crippen LogP) is 13.5. The van der Waals surface area contributed by atoms with E-state index in [1.54, 1.807) is 99.3 Å². The second-order valence-corrected chi connectivity index (χ2v) is 31.9. The lowest BCUT2D eigenvalue weighted by Crippen LogP contribution is -2.31. The van der Waals surface area contributed by atoms with Gasteiger partial charge in [0.05, 0.1) is 23.8 Å². The number of carbonyl (C=O) groups excluding carboxylic acids is 3. The second-order valence-electron chi connectivity index (χ2n) is 24.0. The number of nitrogens with zero attached hydrogens (tertiary/aromatic N) is 12. The van der Waals surface area contributed by atoms with Crippen LogP contribution in [0.25, 0.3) is 33.9 Å². The van der Waals surface area contributed by atoms with Gasteiger partial charge in [-0.15, -0.1) is 22.7 Å². The van der Waals surface area contributed by atoms with Gasteiger partial charge in [-0.05, 0) is 108 Å². The molecular weight excluding hydrogens is 1400 g/mol. The molecule has 103 heavy (non-hydrogen) atoms. The molecule has 12 aromatic rings. The van der Waals surface area contributed by atoms with Crippen LogP contribution in [-0.4, -0.2) is 100 Å². The molecule has 0 aliphatic heterocycles. The van der Waals surface area contributed by atoms with Crippen molar-refractivity contribution in [1.29, 1.82) is 0 Å². The minimum atomic E-state index is -3.85. The zero-order valence-corrected chi connectivity index (χ0v) is 60.8. The first kappa shape index (κ1) is 75.4. The summed E-state index contributed by atoms with van der Waals surface area (Å²) in [7, 11) is -11.4. The fourth-order valence-electron chi connectivity index (χ4n) is 10.7. The molecular formula is C77H74N12O9S5. The van der Waals surface area contributed by atoms with Crippen LogP contribution in [0.1, 0.15) is 90.1 Å². The molecule has 6 aromatic carbocycles. The average Bonchev–Trinajstić information content (AvgIpc) is 1.72. The maximum absolute atomic E-state index is 13.5. The molecule has 0 aliphatic rings. The Morgan fingerprint density at radius 1 is 0.330 bits per heavy atom. The van der Waals surface area contributed by atoms with Crippen LogP contribution in [0.4, 0.5) is 0 Å². The Hall–Kier alpha value is -10.3. The van der Waals surface area contributed by atoms with E-state index in [9.17, 15) is 39.6 Å². The molecule has 0 spiro atoms. The van der Waals surface area contributed by atoms with Crippen LogP contribution in [0.5, 0.6) is 0 Å². The van der Waals surface area contributed by atoms with E-state index in [1.165, 1.54) is 37.6 Å². The van der Waals surface area contributed by atoms with Crippen molar-refractivity contribution in [2.75, 3.05) is 0 Å². The maximum Gasteiger partial charge on any atom is 0.270 e. The first-order valence-electron chi connectivity index (χ1n) is 32.7. The van der Waals surface area contributed by atoms with E-state index in [4.69, 9.17) is 0 Å². The van der Waals surface area contributed by atoms with Crippen molar-refractivity contribution in [1.82, 2.24) is 57.8 Å². The van der Waals surface area contributed by atoms with E-state index >= 15 is 0 Å². The smallest absolute Gasteiger partial charge is 0.270 e. The second kappa shape index (κ2) is 36.5. The van der Waals surface area contributed by atoms with Gasteiger partial charge in [0.15, 0.2) is 10.9 Å². The Bertz CT molecular complexity index is 4870. The van der Waals surface area contributed by atoms with Crippen LogP contribution in [0, 0.1) is 0 Å². The highest BCUT2D eigenvalue weighted by atomic mass is 32.3. The highest BCUT2D eigenvalue weighted by molar-refractivity contribution is 7.91. The normalized spacial score (nSPS) is 11.6. The number of Topliss-reactive ketones (excluding diaryl/α,β-unsaturated/α-hetero) is 3. The molecule has 526 valence electrons. The number of hydrogen-bond acceptors (Lipinski definition) is 20. The van der Waals surface area contributed by atoms with Crippen LogP contribution >= 0.6 is 22.7 Å². The SMILES string of the molecule is CC(=O)CCc1cccc(CN(Cc2ccc(-c3cnccn3)cc2)S(=O)(=O)c2ccccn2)c1.CC(=O)CCc1cccc(CN(Cc2ccc(-c3cnccn3)cc2)S(=O)(=O)c2nccs2)c1.CC(=O)CCc1cccc(CN(Cc2ccc(-c3ncccn3)cc2)S(=O)(=O)c2nccs2)c1. The van der Waals surface area contributed by atoms with Gasteiger partial charge in [-0.25, -0.2) is 50.2 Å². The first-order chi connectivity index (χ1) is 49.7. The maximum atomic E-state index is 13.5. The highest BCUT2D eigenvalue weighted by Gasteiger charge is 2.30. The Balaban J connectivity index is 0.000000166. The highest BCUT2D eigenvalue weighted by Crippen LogP contribution is 2.29. The molecule has 0 fully saturated rings. The van der Waals surface area contributed by atoms with Gasteiger partial charge in [0.25, 0.3) is 30.1 Å². The number of pyridine rings is 1. The Morgan fingerprint density at radius 2 is 0.689 bits per heavy atom. The Labute approximate surface area is 608 Å². The van der Waals surface area contributed by atoms with Gasteiger partial charge < -0.3 is 14.4 Å². The van der Waals surface area contributed by atoms with E-state index < -0.39 is 30.1 Å². The van der Waals surface area contributed by atoms with E-state index in [0.29, 0.717) is 44.3 Å². The summed E-state index contributed by atoms with van der Waals surface area (Å²) < 4.78 is 85.1. The standard InChI is InChI=1S/C27H26N4O3S.2C25H24N4O3S2/c1-21(32)8-9-22-5-4-6-24(17-22)20-31(35(33,34)27-7-2-3-14-30-27)19-23-10-12-25(13-11-23)26-18-28-15-16-29-26;1-19(30)6-7-20-4-2-5-22(16-20)18-29(34(31,32)25-28-14-15-33-25)17-21-8-10-23(11-9-21)24-26-12-3-13-27-24;1-19(30)5-6-20-3-2-4-22(15-20)18-29(34(31,32)25-28-13-14-33-25)17-21-7-9-23(10-8-21)24-16-26-11-12-27-24/h2-7,10-18H,8-9,19-20H2,1H3;2-5,8-16H,6-7,17-18H2,1H3;2-4,7-16H,5-6,17-18H2,1H3. The van der Waals surface area contributed by atoms with Gasteiger partial charge >= 0.3 is 0 Å². The average molecular weight is 1470 g/mol. The van der Waals surface area contributed by atoms with Gasteiger partial charge in [-0.3, -0.25) is 19.9 Å². The van der Waals surface area contributed by atoms with Crippen LogP contribution in [0.3, 0.4) is 0 Å². The topological polar surface area (TPSA) is 279 Å². The molecule has 0 saturated heterocycles. The minimum absolute atomic E-state index is 0.00362. The molecule has 21 nitrogen and oxygen atoms in total. The van der Waals surface area contributed by atoms with E-state index in [-0.39, 0.29) is 70.3 Å². The molecule has 0 atom stereocenters. The summed E-state index contributed by atoms with van der Waals surface area (Å²) in [6, 6.07) is 52.5. The van der Waals surface area contributed by atoms with Crippen molar-refractivity contribution in [2.24, 2.45) is 0 Å². The van der Waals surface area contributed by atoms with Crippen molar-refractivity contribution < 1.29 is 39.6 Å². The van der Waals surface area contributed by atoms with Crippen molar-refractivity contribution in [3.05, 3.63) is 299 Å². The van der Waals surface area contributed by atoms with Gasteiger partial charge in [-0.1, -0.05) is 152 Å². The number of benzene rings is 6. The van der Waals surface area contributed by atoms with Crippen molar-refractivity contribution >= 4 is 70.1 Å². The van der Waals surface area contributed by atoms with Crippen LogP contribution in [0.15, 0.2) is 262 Å². The van der Waals surface area contributed by atoms with Crippen molar-refractivity contribution in [3.8, 4) is 33.9 Å². The summed E-state index contributed by atoms with van der Waals surface area (Å²) in [4.78, 5) is 71.6. The van der Waals surface area contributed by atoms with Gasteiger partial charge in [0.2, 0.25) is 8.68 Å². The van der Waals surface area contributed by atoms with E-state index in [2.05, 4.69) is 44.9 Å². The summed E-state index contributed by atoms with van der Waals surface area (Å²) in [6.45, 7) is 5.84. The number of aromatic nitrogens is 9. The van der Waals surface area contributed by atoms with Gasteiger partial charge in [0, 0.05) is 142 Å². The molecule has 0 aliphatic carbocycles. The number of rotatable bonds is 30. The molecule has 0 radical (unpaired) electrons. The number of carbonyl (C=O) groups is 3. The summed E-state index contributed by atoms with van der Waals surface area (Å²) in [6.07, 6.45) is 21.0. The molecule has 0 amide bonds. The van der Waals surface area contributed by atoms with Gasteiger partial charge in [0.1, 0.15) is 17.3 Å². The monoisotopic (exact) mass is 1470 g/mol. The number of ketones is 3. The fourth-order valence-corrected chi connectivity index (χ4v) is 16.8. The summed E-state index contributed by atoms with van der Waals surface area (Å²) in [5.41, 5.74) is 12.3. The first-order valence-corrected chi connectivity index (χ1v) is 38.8. The molecule has 6 heterocycles. The number of aryl methyl sites for hydroxylation is 3. The molecule has 0 bridgehead atoms. The lowest BCUT2D eigenvalue weighted by Gasteiger charge is -2.22. The summed E-state index contributed by atoms with van der Waals surface area (Å²) in [5, 5.41) is 3.31. The number of hydrogen-bond donors (Lipinski definition) is 0. The van der Waals surface area contributed by atoms with Crippen molar-refractivity contribution in [2.45, 2.75) is 112 Å². The summed E-state index contributed by atoms with van der Waals surface area (Å²) in [5.74, 6) is 0.995. The minimum Gasteiger partial charge on any atom is -0.300 e. The van der Waals surface area contributed by atoms with Crippen molar-refractivity contribution in [3.63, 3.8) is 0 Å². The largest absolute Gasteiger partial charge is 0.300 e. The molecule has 26 heteroatoms. The molecule has 0 N–H and O–H groups in total. The molecule has 12 rings (SSSR count). The molecule has 0 unspecified atom stereocenters. The Morgan fingerprint density at radius 3 is 1.03 bits per heavy atom. The predicted molar refractivity (Wildman–Crippen MR) is 396 cm³/mol. The quantitative estimate of drug-likeness (QED) is 0.0404. The third-order valence-corrected chi connectivity index (χ3v) is 23.7. The van der Waals surface area contributed by atoms with Crippen LogP contribution < -0.4 is 0 Å². The Kier molecular flexibility index (Phi) is 26.7. The zero-order valence-electron chi connectivity index (χ0n) is 56.7. The fraction of sp³-hybridized carbons (Fsp3) is 0.195. The molecule has 0 saturated carbocycles. The van der Waals surface area contributed by atoms with Crippen LogP contribution in [-0.2, 0) is 103 Å². The summed E-state index contributed by atoms with van der Waals surface area (Å²) >= 11 is 2.20. The van der Waals surface area contributed by atoms with Gasteiger partial charge in [-0.2, -0.15) is 12.9 Å².